The summed E-state index contributed by atoms with van der Waals surface area (Å²) in [5.41, 5.74) is 1.42. The van der Waals surface area contributed by atoms with Crippen molar-refractivity contribution in [3.8, 4) is 16.9 Å². The van der Waals surface area contributed by atoms with Gasteiger partial charge in [-0.05, 0) is 66.4 Å². The van der Waals surface area contributed by atoms with Gasteiger partial charge in [0.1, 0.15) is 29.0 Å². The largest absolute Gasteiger partial charge is 0.493 e. The molecule has 2 aliphatic rings. The Kier molecular flexibility index (Phi) is 8.11. The van der Waals surface area contributed by atoms with Crippen LogP contribution in [0.15, 0.2) is 59.8 Å². The van der Waals surface area contributed by atoms with Crippen LogP contribution < -0.4 is 9.64 Å². The maximum Gasteiger partial charge on any atom is 0.246 e. The van der Waals surface area contributed by atoms with Gasteiger partial charge in [0, 0.05) is 62.5 Å². The minimum atomic E-state index is -0.687. The number of aliphatic hydroxyl groups is 1. The lowest BCUT2D eigenvalue weighted by atomic mass is 9.94. The smallest absolute Gasteiger partial charge is 0.246 e. The van der Waals surface area contributed by atoms with Crippen molar-refractivity contribution in [1.29, 1.82) is 0 Å². The standard InChI is InChI=1S/C29H29F3N4O3/c30-22-14-21(15-23(31)17-22)27-5-9-34-36(27)29(38)19-6-10-35(11-7-19)28-16-20(4-8-33-28)25-18-24(2-3-26(25)32)39-13-1-12-37/h2-4,8-9,14-19,27,37H,1,5-7,10-13H2/t27-/m0/s1. The Morgan fingerprint density at radius 2 is 1.79 bits per heavy atom. The van der Waals surface area contributed by atoms with Crippen LogP contribution >= 0.6 is 0 Å². The maximum atomic E-state index is 14.7. The van der Waals surface area contributed by atoms with E-state index in [-0.39, 0.29) is 24.2 Å². The van der Waals surface area contributed by atoms with Crippen LogP contribution in [-0.4, -0.2) is 53.5 Å². The molecule has 1 atom stereocenters. The van der Waals surface area contributed by atoms with Gasteiger partial charge in [-0.2, -0.15) is 5.10 Å². The van der Waals surface area contributed by atoms with Gasteiger partial charge in [-0.25, -0.2) is 23.2 Å². The van der Waals surface area contributed by atoms with E-state index in [2.05, 4.69) is 15.0 Å². The summed E-state index contributed by atoms with van der Waals surface area (Å²) in [5.74, 6) is -1.02. The molecule has 7 nitrogen and oxygen atoms in total. The van der Waals surface area contributed by atoms with Crippen LogP contribution in [0.5, 0.6) is 5.75 Å². The molecule has 2 aliphatic heterocycles. The molecule has 5 rings (SSSR count). The summed E-state index contributed by atoms with van der Waals surface area (Å²) in [5, 5.41) is 14.5. The molecule has 1 fully saturated rings. The first-order valence-electron chi connectivity index (χ1n) is 13.0. The van der Waals surface area contributed by atoms with Crippen molar-refractivity contribution < 1.29 is 27.8 Å². The third kappa shape index (κ3) is 6.06. The number of piperidine rings is 1. The second kappa shape index (κ2) is 11.9. The van der Waals surface area contributed by atoms with Crippen molar-refractivity contribution in [3.05, 3.63) is 77.7 Å². The van der Waals surface area contributed by atoms with Crippen LogP contribution in [0.3, 0.4) is 0 Å². The molecule has 1 saturated heterocycles. The number of halogens is 3. The molecule has 0 unspecified atom stereocenters. The second-order valence-electron chi connectivity index (χ2n) is 9.67. The Bertz CT molecular complexity index is 1340. The summed E-state index contributed by atoms with van der Waals surface area (Å²) in [6, 6.07) is 10.8. The Morgan fingerprint density at radius 1 is 1.03 bits per heavy atom. The highest BCUT2D eigenvalue weighted by atomic mass is 19.1. The number of aromatic nitrogens is 1. The molecule has 1 aromatic heterocycles. The number of nitrogens with zero attached hydrogens (tertiary/aromatic N) is 4. The van der Waals surface area contributed by atoms with Crippen LogP contribution in [0, 0.1) is 23.4 Å². The van der Waals surface area contributed by atoms with E-state index in [9.17, 15) is 18.0 Å². The maximum absolute atomic E-state index is 14.7. The third-order valence-electron chi connectivity index (χ3n) is 7.06. The highest BCUT2D eigenvalue weighted by Gasteiger charge is 2.35. The van der Waals surface area contributed by atoms with Crippen molar-refractivity contribution >= 4 is 17.9 Å². The number of carbonyl (C=O) groups is 1. The van der Waals surface area contributed by atoms with Crippen LogP contribution in [0.2, 0.25) is 0 Å². The molecule has 0 aliphatic carbocycles. The zero-order valence-electron chi connectivity index (χ0n) is 21.3. The SMILES string of the molecule is O=C(C1CCN(c2cc(-c3cc(OCCCO)ccc3F)ccn2)CC1)N1N=CC[C@H]1c1cc(F)cc(F)c1. The van der Waals surface area contributed by atoms with E-state index in [0.717, 1.165) is 6.07 Å². The highest BCUT2D eigenvalue weighted by molar-refractivity contribution is 5.82. The number of anilines is 1. The number of hydrazone groups is 1. The number of benzene rings is 2. The summed E-state index contributed by atoms with van der Waals surface area (Å²) in [6.07, 6.45) is 5.23. The molecule has 39 heavy (non-hydrogen) atoms. The van der Waals surface area contributed by atoms with E-state index >= 15 is 0 Å². The topological polar surface area (TPSA) is 78.3 Å². The first kappa shape index (κ1) is 26.7. The zero-order valence-corrected chi connectivity index (χ0v) is 21.3. The van der Waals surface area contributed by atoms with E-state index in [0.29, 0.717) is 73.6 Å². The van der Waals surface area contributed by atoms with Crippen LogP contribution in [0.4, 0.5) is 19.0 Å². The Balaban J connectivity index is 1.25. The number of ether oxygens (including phenoxy) is 1. The first-order valence-corrected chi connectivity index (χ1v) is 13.0. The van der Waals surface area contributed by atoms with Gasteiger partial charge in [0.15, 0.2) is 0 Å². The van der Waals surface area contributed by atoms with E-state index < -0.39 is 17.7 Å². The number of hydrogen-bond acceptors (Lipinski definition) is 6. The fourth-order valence-electron chi connectivity index (χ4n) is 5.04. The van der Waals surface area contributed by atoms with E-state index in [1.165, 1.54) is 23.2 Å². The van der Waals surface area contributed by atoms with Crippen LogP contribution in [-0.2, 0) is 4.79 Å². The van der Waals surface area contributed by atoms with Crippen molar-refractivity contribution in [2.45, 2.75) is 31.7 Å². The van der Waals surface area contributed by atoms with Gasteiger partial charge in [-0.15, -0.1) is 0 Å². The predicted molar refractivity (Wildman–Crippen MR) is 141 cm³/mol. The fourth-order valence-corrected chi connectivity index (χ4v) is 5.04. The lowest BCUT2D eigenvalue weighted by Gasteiger charge is -2.34. The quantitative estimate of drug-likeness (QED) is 0.404. The van der Waals surface area contributed by atoms with Crippen LogP contribution in [0.25, 0.3) is 11.1 Å². The minimum Gasteiger partial charge on any atom is -0.493 e. The highest BCUT2D eigenvalue weighted by Crippen LogP contribution is 2.34. The molecule has 0 bridgehead atoms. The summed E-state index contributed by atoms with van der Waals surface area (Å²) >= 11 is 0. The molecule has 0 spiro atoms. The number of pyridine rings is 1. The van der Waals surface area contributed by atoms with Gasteiger partial charge >= 0.3 is 0 Å². The Hall–Kier alpha value is -3.92. The molecular formula is C29H29F3N4O3. The van der Waals surface area contributed by atoms with Crippen molar-refractivity contribution in [2.24, 2.45) is 11.0 Å². The molecule has 1 amide bonds. The molecule has 0 saturated carbocycles. The summed E-state index contributed by atoms with van der Waals surface area (Å²) in [6.45, 7) is 1.48. The molecule has 0 radical (unpaired) electrons. The van der Waals surface area contributed by atoms with Crippen molar-refractivity contribution in [1.82, 2.24) is 9.99 Å². The van der Waals surface area contributed by atoms with Gasteiger partial charge in [-0.3, -0.25) is 4.79 Å². The second-order valence-corrected chi connectivity index (χ2v) is 9.67. The molecule has 1 N–H and O–H groups in total. The molecule has 2 aromatic carbocycles. The van der Waals surface area contributed by atoms with Crippen molar-refractivity contribution in [2.75, 3.05) is 31.2 Å². The van der Waals surface area contributed by atoms with E-state index in [1.807, 2.05) is 6.07 Å². The summed E-state index contributed by atoms with van der Waals surface area (Å²) in [7, 11) is 0. The Morgan fingerprint density at radius 3 is 2.54 bits per heavy atom. The van der Waals surface area contributed by atoms with Gasteiger partial charge in [-0.1, -0.05) is 0 Å². The number of aliphatic hydroxyl groups excluding tert-OH is 1. The van der Waals surface area contributed by atoms with Gasteiger partial charge in [0.05, 0.1) is 12.6 Å². The molecule has 10 heteroatoms. The van der Waals surface area contributed by atoms with Gasteiger partial charge in [0.25, 0.3) is 0 Å². The van der Waals surface area contributed by atoms with Gasteiger partial charge in [0.2, 0.25) is 5.91 Å². The predicted octanol–water partition coefficient (Wildman–Crippen LogP) is 5.10. The lowest BCUT2D eigenvalue weighted by Crippen LogP contribution is -2.41. The number of rotatable bonds is 8. The average Bonchev–Trinajstić information content (AvgIpc) is 3.44. The molecule has 3 aromatic rings. The van der Waals surface area contributed by atoms with Crippen LogP contribution in [0.1, 0.15) is 37.3 Å². The third-order valence-corrected chi connectivity index (χ3v) is 7.06. The van der Waals surface area contributed by atoms with E-state index in [4.69, 9.17) is 9.84 Å². The van der Waals surface area contributed by atoms with Gasteiger partial charge < -0.3 is 14.7 Å². The summed E-state index contributed by atoms with van der Waals surface area (Å²) in [4.78, 5) is 19.8. The summed E-state index contributed by atoms with van der Waals surface area (Å²) < 4.78 is 47.8. The fraction of sp³-hybridized carbons (Fsp3) is 0.345. The lowest BCUT2D eigenvalue weighted by molar-refractivity contribution is -0.138. The monoisotopic (exact) mass is 538 g/mol. The average molecular weight is 539 g/mol. The van der Waals surface area contributed by atoms with Crippen molar-refractivity contribution in [3.63, 3.8) is 0 Å². The number of carbonyl (C=O) groups excluding carboxylic acids is 1. The minimum absolute atomic E-state index is 0.0167. The Labute approximate surface area is 224 Å². The van der Waals surface area contributed by atoms with E-state index in [1.54, 1.807) is 30.6 Å². The number of hydrogen-bond donors (Lipinski definition) is 1. The molecule has 3 heterocycles. The normalized spacial score (nSPS) is 17.6. The molecular weight excluding hydrogens is 509 g/mol. The molecule has 204 valence electrons. The number of amides is 1. The zero-order chi connectivity index (χ0) is 27.4. The first-order chi connectivity index (χ1) is 18.9.